The number of hydrogen-bond acceptors (Lipinski definition) is 5. The molecule has 0 aliphatic carbocycles. The molecule has 11 heteroatoms. The predicted molar refractivity (Wildman–Crippen MR) is 146 cm³/mol. The zero-order chi connectivity index (χ0) is 27.0. The molecule has 5 rings (SSSR count). The van der Waals surface area contributed by atoms with Crippen LogP contribution >= 0.6 is 23.4 Å². The summed E-state index contributed by atoms with van der Waals surface area (Å²) >= 11 is 7.49. The van der Waals surface area contributed by atoms with Crippen LogP contribution in [-0.4, -0.2) is 28.7 Å². The Kier molecular flexibility index (Phi) is 7.04. The van der Waals surface area contributed by atoms with Gasteiger partial charge in [-0.1, -0.05) is 47.6 Å². The molecule has 0 bridgehead atoms. The number of benzene rings is 3. The lowest BCUT2D eigenvalue weighted by Gasteiger charge is -2.09. The van der Waals surface area contributed by atoms with Crippen LogP contribution in [0.1, 0.15) is 23.0 Å². The van der Waals surface area contributed by atoms with Crippen molar-refractivity contribution in [3.63, 3.8) is 0 Å². The van der Waals surface area contributed by atoms with Gasteiger partial charge in [-0.05, 0) is 56.3 Å². The summed E-state index contributed by atoms with van der Waals surface area (Å²) < 4.78 is 46.2. The Bertz CT molecular complexity index is 1780. The van der Waals surface area contributed by atoms with Crippen molar-refractivity contribution < 1.29 is 17.6 Å². The Balaban J connectivity index is 1.52. The second kappa shape index (κ2) is 10.3. The average Bonchev–Trinajstić information content (AvgIpc) is 3.49. The number of fused-ring (bicyclic) bond motifs is 1. The monoisotopic (exact) mass is 568 g/mol. The number of rotatable bonds is 7. The van der Waals surface area contributed by atoms with E-state index in [2.05, 4.69) is 9.82 Å². The Hall–Kier alpha value is -3.60. The van der Waals surface area contributed by atoms with Gasteiger partial charge in [0.25, 0.3) is 15.9 Å². The molecule has 0 spiro atoms. The molecule has 2 aromatic heterocycles. The van der Waals surface area contributed by atoms with E-state index >= 15 is 4.39 Å². The molecular formula is C27H22ClFN4O3S2. The molecule has 0 unspecified atom stereocenters. The Morgan fingerprint density at radius 2 is 1.87 bits per heavy atom. The molecule has 0 aliphatic heterocycles. The summed E-state index contributed by atoms with van der Waals surface area (Å²) in [6.45, 7) is 4.50. The number of aryl methyl sites for hydroxylation is 1. The van der Waals surface area contributed by atoms with Gasteiger partial charge < -0.3 is 4.57 Å². The largest absolute Gasteiger partial charge is 0.307 e. The highest BCUT2D eigenvalue weighted by atomic mass is 35.5. The number of amides is 1. The number of hydrogen-bond donors (Lipinski definition) is 1. The maximum absolute atomic E-state index is 15.3. The summed E-state index contributed by atoms with van der Waals surface area (Å²) in [5.41, 5.74) is 1.97. The number of nitrogens with zero attached hydrogens (tertiary/aromatic N) is 3. The van der Waals surface area contributed by atoms with Crippen molar-refractivity contribution in [2.24, 2.45) is 0 Å². The molecule has 0 atom stereocenters. The van der Waals surface area contributed by atoms with Gasteiger partial charge in [-0.25, -0.2) is 17.5 Å². The van der Waals surface area contributed by atoms with Crippen molar-refractivity contribution in [2.45, 2.75) is 35.1 Å². The lowest BCUT2D eigenvalue weighted by Crippen LogP contribution is -2.30. The molecule has 38 heavy (non-hydrogen) atoms. The van der Waals surface area contributed by atoms with E-state index < -0.39 is 21.7 Å². The minimum atomic E-state index is -4.02. The smallest absolute Gasteiger partial charge is 0.265 e. The maximum atomic E-state index is 15.3. The lowest BCUT2D eigenvalue weighted by atomic mass is 10.2. The average molecular weight is 569 g/mol. The second-order valence-corrected chi connectivity index (χ2v) is 11.6. The van der Waals surface area contributed by atoms with Gasteiger partial charge in [0.15, 0.2) is 5.82 Å². The molecule has 2 heterocycles. The Morgan fingerprint density at radius 3 is 2.58 bits per heavy atom. The molecule has 5 aromatic rings. The van der Waals surface area contributed by atoms with Gasteiger partial charge in [-0.3, -0.25) is 9.48 Å². The molecule has 3 aromatic carbocycles. The second-order valence-electron chi connectivity index (χ2n) is 8.44. The van der Waals surface area contributed by atoms with Crippen molar-refractivity contribution >= 4 is 50.2 Å². The fourth-order valence-electron chi connectivity index (χ4n) is 4.16. The normalized spacial score (nSPS) is 11.7. The number of carbonyl (C=O) groups is 1. The first-order chi connectivity index (χ1) is 18.2. The molecule has 194 valence electrons. The first-order valence-electron chi connectivity index (χ1n) is 11.6. The van der Waals surface area contributed by atoms with Gasteiger partial charge in [-0.15, -0.1) is 0 Å². The number of nitrogens with one attached hydrogen (secondary N) is 1. The van der Waals surface area contributed by atoms with Crippen LogP contribution in [0, 0.1) is 12.7 Å². The van der Waals surface area contributed by atoms with Gasteiger partial charge in [0.05, 0.1) is 27.3 Å². The summed E-state index contributed by atoms with van der Waals surface area (Å²) in [7, 11) is -4.02. The molecule has 0 saturated heterocycles. The standard InChI is InChI=1S/C27H22ClFN4O3S2/c1-3-32-16-19(15-30-32)33-17(2)26(22-12-13-23(28)24(29)25(22)33)37-20-9-7-8-18(14-20)27(34)31-38(35,36)21-10-5-4-6-11-21/h4-16H,3H2,1-2H3,(H,31,34). The minimum absolute atomic E-state index is 0.00519. The van der Waals surface area contributed by atoms with Crippen LogP contribution in [0.2, 0.25) is 5.02 Å². The van der Waals surface area contributed by atoms with Crippen LogP contribution in [0.3, 0.4) is 0 Å². The quantitative estimate of drug-likeness (QED) is 0.252. The molecular weight excluding hydrogens is 547 g/mol. The Morgan fingerprint density at radius 1 is 1.11 bits per heavy atom. The fraction of sp³-hybridized carbons (Fsp3) is 0.111. The lowest BCUT2D eigenvalue weighted by molar-refractivity contribution is 0.0981. The van der Waals surface area contributed by atoms with Gasteiger partial charge in [-0.2, -0.15) is 5.10 Å². The SMILES string of the molecule is CCn1cc(-n2c(C)c(Sc3cccc(C(=O)NS(=O)(=O)c4ccccc4)c3)c3ccc(Cl)c(F)c32)cn1. The van der Waals surface area contributed by atoms with E-state index in [1.807, 2.05) is 20.0 Å². The van der Waals surface area contributed by atoms with E-state index in [-0.39, 0.29) is 15.5 Å². The number of aromatic nitrogens is 3. The van der Waals surface area contributed by atoms with Crippen molar-refractivity contribution in [1.82, 2.24) is 19.1 Å². The number of carbonyl (C=O) groups excluding carboxylic acids is 1. The summed E-state index contributed by atoms with van der Waals surface area (Å²) in [5.74, 6) is -1.29. The number of sulfonamides is 1. The maximum Gasteiger partial charge on any atom is 0.265 e. The van der Waals surface area contributed by atoms with Crippen LogP contribution in [0.15, 0.2) is 93.8 Å². The van der Waals surface area contributed by atoms with Crippen molar-refractivity contribution in [2.75, 3.05) is 0 Å². The van der Waals surface area contributed by atoms with Gasteiger partial charge in [0.1, 0.15) is 0 Å². The number of halogens is 2. The Labute approximate surface area is 228 Å². The third-order valence-corrected chi connectivity index (χ3v) is 8.85. The van der Waals surface area contributed by atoms with E-state index in [4.69, 9.17) is 11.6 Å². The third kappa shape index (κ3) is 4.82. The van der Waals surface area contributed by atoms with E-state index in [1.54, 1.807) is 57.9 Å². The van der Waals surface area contributed by atoms with Crippen molar-refractivity contribution in [1.29, 1.82) is 0 Å². The molecule has 7 nitrogen and oxygen atoms in total. The molecule has 0 saturated carbocycles. The van der Waals surface area contributed by atoms with Crippen LogP contribution in [0.25, 0.3) is 16.6 Å². The molecule has 0 aliphatic rings. The van der Waals surface area contributed by atoms with E-state index in [9.17, 15) is 13.2 Å². The molecule has 1 amide bonds. The minimum Gasteiger partial charge on any atom is -0.307 e. The highest BCUT2D eigenvalue weighted by molar-refractivity contribution is 7.99. The van der Waals surface area contributed by atoms with Crippen LogP contribution < -0.4 is 4.72 Å². The van der Waals surface area contributed by atoms with Gasteiger partial charge >= 0.3 is 0 Å². The van der Waals surface area contributed by atoms with Crippen molar-refractivity contribution in [3.05, 3.63) is 101 Å². The highest BCUT2D eigenvalue weighted by Gasteiger charge is 2.23. The topological polar surface area (TPSA) is 86.0 Å². The van der Waals surface area contributed by atoms with Gasteiger partial charge in [0, 0.05) is 39.2 Å². The van der Waals surface area contributed by atoms with E-state index in [0.29, 0.717) is 28.0 Å². The molecule has 0 radical (unpaired) electrons. The summed E-state index contributed by atoms with van der Waals surface area (Å²) in [6, 6.07) is 17.6. The van der Waals surface area contributed by atoms with Crippen LogP contribution in [0.5, 0.6) is 0 Å². The third-order valence-electron chi connectivity index (χ3n) is 6.00. The predicted octanol–water partition coefficient (Wildman–Crippen LogP) is 6.22. The summed E-state index contributed by atoms with van der Waals surface area (Å²) in [6.07, 6.45) is 3.50. The van der Waals surface area contributed by atoms with Gasteiger partial charge in [0.2, 0.25) is 0 Å². The zero-order valence-corrected chi connectivity index (χ0v) is 22.7. The molecule has 0 fully saturated rings. The zero-order valence-electron chi connectivity index (χ0n) is 20.4. The fourth-order valence-corrected chi connectivity index (χ4v) is 6.39. The highest BCUT2D eigenvalue weighted by Crippen LogP contribution is 2.42. The first-order valence-corrected chi connectivity index (χ1v) is 14.3. The van der Waals surface area contributed by atoms with Crippen LogP contribution in [-0.2, 0) is 16.6 Å². The van der Waals surface area contributed by atoms with Crippen LogP contribution in [0.4, 0.5) is 4.39 Å². The van der Waals surface area contributed by atoms with E-state index in [0.717, 1.165) is 10.6 Å². The van der Waals surface area contributed by atoms with Crippen molar-refractivity contribution in [3.8, 4) is 5.69 Å². The first kappa shape index (κ1) is 26.0. The van der Waals surface area contributed by atoms with E-state index in [1.165, 1.54) is 36.0 Å². The summed E-state index contributed by atoms with van der Waals surface area (Å²) in [5, 5.41) is 4.99. The molecule has 1 N–H and O–H groups in total. The summed E-state index contributed by atoms with van der Waals surface area (Å²) in [4.78, 5) is 14.3.